The Kier molecular flexibility index (Phi) is 7.20. The van der Waals surface area contributed by atoms with Crippen molar-refractivity contribution in [3.8, 4) is 5.75 Å². The van der Waals surface area contributed by atoms with Crippen molar-refractivity contribution in [2.45, 2.75) is 63.5 Å². The lowest BCUT2D eigenvalue weighted by atomic mass is 9.93. The summed E-state index contributed by atoms with van der Waals surface area (Å²) >= 11 is 0. The van der Waals surface area contributed by atoms with Gasteiger partial charge in [0.2, 0.25) is 0 Å². The highest BCUT2D eigenvalue weighted by molar-refractivity contribution is 6.04. The van der Waals surface area contributed by atoms with E-state index in [9.17, 15) is 23.9 Å². The fourth-order valence-corrected chi connectivity index (χ4v) is 4.02. The van der Waals surface area contributed by atoms with Crippen molar-refractivity contribution in [1.29, 1.82) is 0 Å². The van der Waals surface area contributed by atoms with Gasteiger partial charge in [0.05, 0.1) is 24.4 Å². The molecule has 0 radical (unpaired) electrons. The molecule has 4 rings (SSSR count). The number of hydrogen-bond acceptors (Lipinski definition) is 6. The first-order valence-electron chi connectivity index (χ1n) is 11.8. The van der Waals surface area contributed by atoms with Crippen LogP contribution in [0.3, 0.4) is 0 Å². The van der Waals surface area contributed by atoms with Crippen LogP contribution in [0.25, 0.3) is 0 Å². The van der Waals surface area contributed by atoms with Crippen LogP contribution >= 0.6 is 0 Å². The van der Waals surface area contributed by atoms with E-state index in [1.54, 1.807) is 18.3 Å². The lowest BCUT2D eigenvalue weighted by Gasteiger charge is -2.22. The molecule has 0 spiro atoms. The number of benzene rings is 1. The van der Waals surface area contributed by atoms with Crippen LogP contribution in [0, 0.1) is 5.92 Å². The predicted octanol–water partition coefficient (Wildman–Crippen LogP) is 3.67. The topological polar surface area (TPSA) is 121 Å². The number of hydrogen-bond donors (Lipinski definition) is 4. The Bertz CT molecular complexity index is 1110. The van der Waals surface area contributed by atoms with Crippen molar-refractivity contribution in [1.82, 2.24) is 0 Å². The van der Waals surface area contributed by atoms with Gasteiger partial charge in [0.1, 0.15) is 5.75 Å². The number of pyridine rings is 1. The molecule has 5 N–H and O–H groups in total. The zero-order chi connectivity index (χ0) is 25.2. The Morgan fingerprint density at radius 2 is 1.97 bits per heavy atom. The molecule has 2 aliphatic carbocycles. The maximum absolute atomic E-state index is 13.8. The van der Waals surface area contributed by atoms with Gasteiger partial charge in [-0.15, -0.1) is 0 Å². The molecule has 0 bridgehead atoms. The lowest BCUT2D eigenvalue weighted by molar-refractivity contribution is -0.914. The third-order valence-electron chi connectivity index (χ3n) is 6.34. The van der Waals surface area contributed by atoms with E-state index in [1.807, 2.05) is 0 Å². The maximum Gasteiger partial charge on any atom is 0.332 e. The van der Waals surface area contributed by atoms with Gasteiger partial charge in [-0.25, -0.2) is 0 Å². The summed E-state index contributed by atoms with van der Waals surface area (Å²) in [5.74, 6) is -3.33. The molecule has 1 heterocycles. The summed E-state index contributed by atoms with van der Waals surface area (Å²) in [5.41, 5.74) is 6.44. The summed E-state index contributed by atoms with van der Waals surface area (Å²) in [4.78, 5) is 17.6. The summed E-state index contributed by atoms with van der Waals surface area (Å²) in [7, 11) is 0. The van der Waals surface area contributed by atoms with Crippen LogP contribution < -0.4 is 20.5 Å². The molecule has 1 aromatic heterocycles. The molecule has 1 aromatic carbocycles. The molecule has 35 heavy (non-hydrogen) atoms. The third kappa shape index (κ3) is 6.25. The quantitative estimate of drug-likeness (QED) is 0.195. The molecular formula is C25H31F2N4O4+. The van der Waals surface area contributed by atoms with Crippen molar-refractivity contribution in [3.63, 3.8) is 0 Å². The number of aromatic nitrogens is 1. The van der Waals surface area contributed by atoms with Gasteiger partial charge in [0.25, 0.3) is 0 Å². The molecule has 2 fully saturated rings. The zero-order valence-electron chi connectivity index (χ0n) is 19.6. The second-order valence-electron chi connectivity index (χ2n) is 9.42. The Balaban J connectivity index is 1.60. The third-order valence-corrected chi connectivity index (χ3v) is 6.34. The number of nitrogens with one attached hydrogen (secondary N) is 1. The van der Waals surface area contributed by atoms with Crippen LogP contribution in [0.15, 0.2) is 35.3 Å². The highest BCUT2D eigenvalue weighted by Crippen LogP contribution is 2.34. The van der Waals surface area contributed by atoms with Gasteiger partial charge in [-0.05, 0) is 56.6 Å². The van der Waals surface area contributed by atoms with E-state index in [0.29, 0.717) is 55.0 Å². The fourth-order valence-electron chi connectivity index (χ4n) is 4.02. The Hall–Kier alpha value is -3.27. The molecule has 0 aliphatic heterocycles. The number of carbonyl (C=O) groups is 1. The van der Waals surface area contributed by atoms with E-state index in [-0.39, 0.29) is 22.6 Å². The molecule has 1 amide bonds. The average molecular weight is 490 g/mol. The van der Waals surface area contributed by atoms with Crippen molar-refractivity contribution < 1.29 is 33.4 Å². The second kappa shape index (κ2) is 10.2. The number of anilines is 2. The Morgan fingerprint density at radius 3 is 2.63 bits per heavy atom. The number of aliphatic hydroxyl groups is 1. The first kappa shape index (κ1) is 24.8. The van der Waals surface area contributed by atoms with Crippen LogP contribution in [0.2, 0.25) is 0 Å². The minimum absolute atomic E-state index is 0.0773. The van der Waals surface area contributed by atoms with E-state index >= 15 is 0 Å². The molecule has 188 valence electrons. The number of carbonyl (C=O) groups excluding carboxylic acids is 1. The van der Waals surface area contributed by atoms with Crippen molar-refractivity contribution in [3.05, 3.63) is 47.3 Å². The van der Waals surface area contributed by atoms with E-state index in [2.05, 4.69) is 10.3 Å². The minimum atomic E-state index is -3.34. The number of nitrogens with zero attached hydrogens (tertiary/aromatic N) is 2. The lowest BCUT2D eigenvalue weighted by Crippen LogP contribution is -2.46. The number of ether oxygens (including phenoxy) is 1. The molecule has 2 aromatic rings. The van der Waals surface area contributed by atoms with Gasteiger partial charge >= 0.3 is 23.2 Å². The summed E-state index contributed by atoms with van der Waals surface area (Å²) in [5, 5.41) is 22.6. The number of nitrogens with two attached hydrogens (primary N) is 1. The average Bonchev–Trinajstić information content (AvgIpc) is 3.63. The summed E-state index contributed by atoms with van der Waals surface area (Å²) in [6.07, 6.45) is 6.45. The monoisotopic (exact) mass is 489 g/mol. The molecular weight excluding hydrogens is 458 g/mol. The van der Waals surface area contributed by atoms with Gasteiger partial charge in [-0.1, -0.05) is 0 Å². The molecule has 0 unspecified atom stereocenters. The van der Waals surface area contributed by atoms with E-state index in [0.717, 1.165) is 31.7 Å². The molecule has 10 heteroatoms. The SMILES string of the molecule is CC(F)(F)c1cccc(C(=O)Nc2cc(C=NC3CCC(O)CC3)c(N)cc2OCC2CC2)[n+]1O. The number of amides is 1. The van der Waals surface area contributed by atoms with E-state index < -0.39 is 17.5 Å². The smallest absolute Gasteiger partial charge is 0.332 e. The normalized spacial score (nSPS) is 20.7. The molecule has 2 saturated carbocycles. The number of halogens is 2. The van der Waals surface area contributed by atoms with Crippen molar-refractivity contribution >= 4 is 23.5 Å². The summed E-state index contributed by atoms with van der Waals surface area (Å²) in [6.45, 7) is 1.11. The number of rotatable bonds is 8. The van der Waals surface area contributed by atoms with Gasteiger partial charge in [-0.3, -0.25) is 15.0 Å². The van der Waals surface area contributed by atoms with Gasteiger partial charge < -0.3 is 20.9 Å². The molecule has 0 saturated heterocycles. The van der Waals surface area contributed by atoms with Crippen molar-refractivity contribution in [2.24, 2.45) is 10.9 Å². The van der Waals surface area contributed by atoms with Crippen LogP contribution in [-0.4, -0.2) is 41.2 Å². The summed E-state index contributed by atoms with van der Waals surface area (Å²) in [6, 6.07) is 6.87. The van der Waals surface area contributed by atoms with E-state index in [4.69, 9.17) is 10.5 Å². The highest BCUT2D eigenvalue weighted by Gasteiger charge is 2.39. The van der Waals surface area contributed by atoms with Gasteiger partial charge in [0, 0.05) is 47.3 Å². The summed E-state index contributed by atoms with van der Waals surface area (Å²) < 4.78 is 33.7. The van der Waals surface area contributed by atoms with Crippen LogP contribution in [0.5, 0.6) is 5.75 Å². The number of aliphatic hydroxyl groups excluding tert-OH is 1. The first-order chi connectivity index (χ1) is 16.6. The van der Waals surface area contributed by atoms with Gasteiger partial charge in [-0.2, -0.15) is 8.78 Å². The highest BCUT2D eigenvalue weighted by atomic mass is 19.3. The van der Waals surface area contributed by atoms with Crippen LogP contribution in [0.4, 0.5) is 20.2 Å². The molecule has 8 nitrogen and oxygen atoms in total. The van der Waals surface area contributed by atoms with Crippen molar-refractivity contribution in [2.75, 3.05) is 17.7 Å². The minimum Gasteiger partial charge on any atom is -0.491 e. The number of aliphatic imine (C=N–C) groups is 1. The fraction of sp³-hybridized carbons (Fsp3) is 0.480. The Morgan fingerprint density at radius 1 is 1.26 bits per heavy atom. The van der Waals surface area contributed by atoms with Crippen LogP contribution in [-0.2, 0) is 5.92 Å². The number of nitrogen functional groups attached to an aromatic ring is 1. The van der Waals surface area contributed by atoms with Gasteiger partial charge in [0.15, 0.2) is 0 Å². The molecule has 2 aliphatic rings. The van der Waals surface area contributed by atoms with Crippen LogP contribution in [0.1, 0.15) is 67.2 Å². The molecule has 0 atom stereocenters. The zero-order valence-corrected chi connectivity index (χ0v) is 19.6. The predicted molar refractivity (Wildman–Crippen MR) is 126 cm³/mol. The maximum atomic E-state index is 13.8. The number of alkyl halides is 2. The van der Waals surface area contributed by atoms with E-state index in [1.165, 1.54) is 12.1 Å². The second-order valence-corrected chi connectivity index (χ2v) is 9.42. The standard InChI is InChI=1S/C25H30F2N4O4/c1-25(26,27)23-4-2-3-21(31(23)34)24(33)30-20-11-16(13-29-17-7-9-18(32)10-8-17)19(28)12-22(20)35-14-15-5-6-15/h2-4,11-13,15,17-18,28,32-34H,5-10,14H2,1H3/p+1. The Labute approximate surface area is 202 Å². The first-order valence-corrected chi connectivity index (χ1v) is 11.8. The largest absolute Gasteiger partial charge is 0.491 e.